The van der Waals surface area contributed by atoms with Gasteiger partial charge in [0.05, 0.1) is 12.2 Å². The molecule has 1 saturated heterocycles. The summed E-state index contributed by atoms with van der Waals surface area (Å²) in [4.78, 5) is 21.5. The first kappa shape index (κ1) is 19.7. The summed E-state index contributed by atoms with van der Waals surface area (Å²) in [5, 5.41) is 6.00. The molecule has 0 bridgehead atoms. The van der Waals surface area contributed by atoms with Crippen molar-refractivity contribution in [1.82, 2.24) is 14.8 Å². The van der Waals surface area contributed by atoms with Gasteiger partial charge in [0.2, 0.25) is 5.91 Å². The molecule has 4 rings (SSSR count). The maximum Gasteiger partial charge on any atom is 0.238 e. The van der Waals surface area contributed by atoms with E-state index in [1.165, 1.54) is 12.1 Å². The number of nitrogens with zero attached hydrogens (tertiary/aromatic N) is 3. The zero-order valence-corrected chi connectivity index (χ0v) is 16.9. The highest BCUT2D eigenvalue weighted by Crippen LogP contribution is 2.24. The Hall–Kier alpha value is -2.61. The number of aromatic nitrogens is 1. The molecular formula is C22H23FN4OS. The predicted molar refractivity (Wildman–Crippen MR) is 114 cm³/mol. The van der Waals surface area contributed by atoms with Gasteiger partial charge in [-0.2, -0.15) is 0 Å². The Kier molecular flexibility index (Phi) is 6.29. The van der Waals surface area contributed by atoms with Crippen LogP contribution in [0.3, 0.4) is 0 Å². The molecule has 0 saturated carbocycles. The van der Waals surface area contributed by atoms with Crippen molar-refractivity contribution in [2.75, 3.05) is 38.0 Å². The lowest BCUT2D eigenvalue weighted by Crippen LogP contribution is -2.48. The number of carbonyl (C=O) groups excluding carboxylic acids is 1. The Labute approximate surface area is 173 Å². The number of anilines is 1. The average Bonchev–Trinajstić information content (AvgIpc) is 3.20. The highest BCUT2D eigenvalue weighted by molar-refractivity contribution is 7.13. The molecule has 1 amide bonds. The van der Waals surface area contributed by atoms with E-state index in [0.29, 0.717) is 12.2 Å². The molecule has 2 heterocycles. The molecule has 0 atom stereocenters. The molecule has 3 aromatic rings. The minimum atomic E-state index is -0.310. The van der Waals surface area contributed by atoms with Gasteiger partial charge in [-0.15, -0.1) is 11.3 Å². The minimum absolute atomic E-state index is 0.0722. The van der Waals surface area contributed by atoms with E-state index in [9.17, 15) is 9.18 Å². The molecular weight excluding hydrogens is 387 g/mol. The molecule has 1 fully saturated rings. The van der Waals surface area contributed by atoms with Gasteiger partial charge in [-0.3, -0.25) is 14.6 Å². The van der Waals surface area contributed by atoms with Crippen molar-refractivity contribution in [3.63, 3.8) is 0 Å². The van der Waals surface area contributed by atoms with Crippen molar-refractivity contribution >= 4 is 22.9 Å². The van der Waals surface area contributed by atoms with Crippen LogP contribution in [0.4, 0.5) is 10.1 Å². The summed E-state index contributed by atoms with van der Waals surface area (Å²) in [5.74, 6) is -0.382. The number of halogens is 1. The van der Waals surface area contributed by atoms with E-state index in [4.69, 9.17) is 4.98 Å². The Morgan fingerprint density at radius 1 is 1.00 bits per heavy atom. The summed E-state index contributed by atoms with van der Waals surface area (Å²) in [6.07, 6.45) is 0. The third-order valence-corrected chi connectivity index (χ3v) is 5.86. The van der Waals surface area contributed by atoms with E-state index in [1.54, 1.807) is 23.5 Å². The molecule has 7 heteroatoms. The first-order chi connectivity index (χ1) is 14.2. The lowest BCUT2D eigenvalue weighted by Gasteiger charge is -2.33. The molecule has 0 radical (unpaired) electrons. The van der Waals surface area contributed by atoms with Gasteiger partial charge < -0.3 is 5.32 Å². The molecule has 1 aromatic heterocycles. The summed E-state index contributed by atoms with van der Waals surface area (Å²) in [6.45, 7) is 4.67. The van der Waals surface area contributed by atoms with Crippen LogP contribution in [-0.4, -0.2) is 53.4 Å². The molecule has 150 valence electrons. The largest absolute Gasteiger partial charge is 0.325 e. The van der Waals surface area contributed by atoms with Gasteiger partial charge in [0.25, 0.3) is 0 Å². The van der Waals surface area contributed by atoms with Gasteiger partial charge in [-0.1, -0.05) is 30.3 Å². The molecule has 0 unspecified atom stereocenters. The average molecular weight is 411 g/mol. The van der Waals surface area contributed by atoms with Crippen LogP contribution in [0, 0.1) is 5.82 Å². The number of hydrogen-bond acceptors (Lipinski definition) is 5. The Morgan fingerprint density at radius 2 is 1.69 bits per heavy atom. The second-order valence-corrected chi connectivity index (χ2v) is 7.98. The van der Waals surface area contributed by atoms with Gasteiger partial charge in [-0.25, -0.2) is 9.37 Å². The summed E-state index contributed by atoms with van der Waals surface area (Å²) in [5.41, 5.74) is 2.87. The molecule has 5 nitrogen and oxygen atoms in total. The van der Waals surface area contributed by atoms with E-state index >= 15 is 0 Å². The minimum Gasteiger partial charge on any atom is -0.325 e. The zero-order chi connectivity index (χ0) is 20.1. The number of nitrogens with one attached hydrogen (secondary N) is 1. The molecule has 0 aliphatic carbocycles. The van der Waals surface area contributed by atoms with Crippen molar-refractivity contribution in [2.24, 2.45) is 0 Å². The maximum atomic E-state index is 12.9. The summed E-state index contributed by atoms with van der Waals surface area (Å²) < 4.78 is 12.9. The highest BCUT2D eigenvalue weighted by atomic mass is 32.1. The lowest BCUT2D eigenvalue weighted by atomic mass is 10.2. The van der Waals surface area contributed by atoms with Crippen molar-refractivity contribution in [3.05, 3.63) is 71.5 Å². The van der Waals surface area contributed by atoms with Crippen LogP contribution in [0.15, 0.2) is 60.0 Å². The van der Waals surface area contributed by atoms with E-state index in [1.807, 2.05) is 18.2 Å². The lowest BCUT2D eigenvalue weighted by molar-refractivity contribution is -0.117. The molecule has 29 heavy (non-hydrogen) atoms. The van der Waals surface area contributed by atoms with Gasteiger partial charge >= 0.3 is 0 Å². The van der Waals surface area contributed by atoms with Crippen LogP contribution in [0.2, 0.25) is 0 Å². The van der Waals surface area contributed by atoms with E-state index in [2.05, 4.69) is 32.6 Å². The number of benzene rings is 2. The van der Waals surface area contributed by atoms with Gasteiger partial charge in [0, 0.05) is 49.4 Å². The van der Waals surface area contributed by atoms with Crippen LogP contribution in [0.5, 0.6) is 0 Å². The first-order valence-corrected chi connectivity index (χ1v) is 10.5. The van der Waals surface area contributed by atoms with Gasteiger partial charge in [0.15, 0.2) is 0 Å². The fourth-order valence-electron chi connectivity index (χ4n) is 3.36. The molecule has 0 spiro atoms. The Morgan fingerprint density at radius 3 is 2.41 bits per heavy atom. The number of carbonyl (C=O) groups is 1. The second-order valence-electron chi connectivity index (χ2n) is 7.12. The fraction of sp³-hybridized carbons (Fsp3) is 0.273. The Bertz CT molecular complexity index is 937. The van der Waals surface area contributed by atoms with Crippen LogP contribution in [0.1, 0.15) is 5.69 Å². The van der Waals surface area contributed by atoms with Crippen molar-refractivity contribution in [2.45, 2.75) is 6.54 Å². The van der Waals surface area contributed by atoms with Crippen molar-refractivity contribution < 1.29 is 9.18 Å². The van der Waals surface area contributed by atoms with Crippen LogP contribution < -0.4 is 5.32 Å². The van der Waals surface area contributed by atoms with E-state index < -0.39 is 0 Å². The van der Waals surface area contributed by atoms with Crippen LogP contribution >= 0.6 is 11.3 Å². The standard InChI is InChI=1S/C22H23FN4OS/c23-18-6-8-19(9-7-18)24-21(28)15-27-12-10-26(11-13-27)14-20-16-29-22(25-20)17-4-2-1-3-5-17/h1-9,16H,10-15H2,(H,24,28). The topological polar surface area (TPSA) is 48.5 Å². The third kappa shape index (κ3) is 5.47. The number of thiazole rings is 1. The quantitative estimate of drug-likeness (QED) is 0.673. The fourth-order valence-corrected chi connectivity index (χ4v) is 4.18. The van der Waals surface area contributed by atoms with Crippen LogP contribution in [-0.2, 0) is 11.3 Å². The SMILES string of the molecule is O=C(CN1CCN(Cc2csc(-c3ccccc3)n2)CC1)Nc1ccc(F)cc1. The highest BCUT2D eigenvalue weighted by Gasteiger charge is 2.20. The summed E-state index contributed by atoms with van der Waals surface area (Å²) in [7, 11) is 0. The third-order valence-electron chi connectivity index (χ3n) is 4.92. The maximum absolute atomic E-state index is 12.9. The number of amides is 1. The van der Waals surface area contributed by atoms with Gasteiger partial charge in [0.1, 0.15) is 10.8 Å². The van der Waals surface area contributed by atoms with E-state index in [-0.39, 0.29) is 11.7 Å². The number of hydrogen-bond donors (Lipinski definition) is 1. The molecule has 1 N–H and O–H groups in total. The normalized spacial score (nSPS) is 15.3. The number of rotatable bonds is 6. The van der Waals surface area contributed by atoms with Crippen molar-refractivity contribution in [3.8, 4) is 10.6 Å². The number of piperazine rings is 1. The molecule has 1 aliphatic rings. The zero-order valence-electron chi connectivity index (χ0n) is 16.1. The predicted octanol–water partition coefficient (Wildman–Crippen LogP) is 3.71. The van der Waals surface area contributed by atoms with Crippen LogP contribution in [0.25, 0.3) is 10.6 Å². The molecule has 2 aromatic carbocycles. The summed E-state index contributed by atoms with van der Waals surface area (Å²) >= 11 is 1.68. The monoisotopic (exact) mass is 410 g/mol. The second kappa shape index (κ2) is 9.26. The first-order valence-electron chi connectivity index (χ1n) is 9.66. The van der Waals surface area contributed by atoms with Crippen molar-refractivity contribution in [1.29, 1.82) is 0 Å². The summed E-state index contributed by atoms with van der Waals surface area (Å²) in [6, 6.07) is 16.1. The van der Waals surface area contributed by atoms with E-state index in [0.717, 1.165) is 49.0 Å². The molecule has 1 aliphatic heterocycles. The smallest absolute Gasteiger partial charge is 0.238 e. The Balaban J connectivity index is 1.23. The van der Waals surface area contributed by atoms with Gasteiger partial charge in [-0.05, 0) is 24.3 Å².